The molecule has 0 aromatic carbocycles. The summed E-state index contributed by atoms with van der Waals surface area (Å²) in [7, 11) is 0. The summed E-state index contributed by atoms with van der Waals surface area (Å²) in [5, 5.41) is 0. The van der Waals surface area contributed by atoms with Crippen molar-refractivity contribution in [3.05, 3.63) is 12.7 Å². The van der Waals surface area contributed by atoms with Crippen LogP contribution in [-0.4, -0.2) is 36.5 Å². The van der Waals surface area contributed by atoms with Gasteiger partial charge in [-0.25, -0.2) is 0 Å². The van der Waals surface area contributed by atoms with Gasteiger partial charge in [-0.15, -0.1) is 6.58 Å². The zero-order valence-electron chi connectivity index (χ0n) is 17.0. The van der Waals surface area contributed by atoms with Crippen molar-refractivity contribution in [2.75, 3.05) is 6.61 Å². The summed E-state index contributed by atoms with van der Waals surface area (Å²) in [5.74, 6) is -11.8. The maximum atomic E-state index is 15.1. The lowest BCUT2D eigenvalue weighted by atomic mass is 9.65. The van der Waals surface area contributed by atoms with E-state index in [2.05, 4.69) is 6.58 Å². The molecule has 2 rings (SSSR count). The van der Waals surface area contributed by atoms with Crippen LogP contribution in [0.15, 0.2) is 12.7 Å². The quantitative estimate of drug-likeness (QED) is 0.161. The number of hydrogen-bond acceptors (Lipinski definition) is 2. The number of alkyl halides is 7. The molecule has 0 aromatic heterocycles. The van der Waals surface area contributed by atoms with E-state index in [1.165, 1.54) is 6.92 Å². The lowest BCUT2D eigenvalue weighted by molar-refractivity contribution is -0.416. The number of hydrogen-bond donors (Lipinski definition) is 0. The molecule has 0 radical (unpaired) electrons. The highest BCUT2D eigenvalue weighted by molar-refractivity contribution is 5.22. The maximum Gasteiger partial charge on any atom is 0.459 e. The fourth-order valence-electron chi connectivity index (χ4n) is 4.95. The fourth-order valence-corrected chi connectivity index (χ4v) is 4.95. The van der Waals surface area contributed by atoms with Gasteiger partial charge < -0.3 is 9.47 Å². The molecule has 0 heterocycles. The molecule has 2 saturated carbocycles. The second-order valence-electron chi connectivity index (χ2n) is 8.61. The second kappa shape index (κ2) is 7.70. The molecule has 29 heavy (non-hydrogen) atoms. The topological polar surface area (TPSA) is 18.5 Å². The van der Waals surface area contributed by atoms with E-state index in [0.29, 0.717) is 26.2 Å². The van der Waals surface area contributed by atoms with Gasteiger partial charge in [0.05, 0.1) is 0 Å². The predicted molar refractivity (Wildman–Crippen MR) is 93.9 cm³/mol. The summed E-state index contributed by atoms with van der Waals surface area (Å²) >= 11 is 0. The largest absolute Gasteiger partial charge is 0.459 e. The minimum absolute atomic E-state index is 0.0329. The SMILES string of the molecule is C=CC12CCC(C(C)(OC(C)OCCCC)C(F)(F)C(F)(F)C(F)(F)F)(CC1)C2. The Morgan fingerprint density at radius 2 is 1.55 bits per heavy atom. The van der Waals surface area contributed by atoms with Crippen LogP contribution in [0.2, 0.25) is 0 Å². The molecule has 2 bridgehead atoms. The van der Waals surface area contributed by atoms with Crippen LogP contribution in [-0.2, 0) is 9.47 Å². The minimum atomic E-state index is -6.42. The van der Waals surface area contributed by atoms with Crippen LogP contribution in [0.1, 0.15) is 65.7 Å². The van der Waals surface area contributed by atoms with Crippen molar-refractivity contribution in [1.29, 1.82) is 0 Å². The molecule has 9 heteroatoms. The molecule has 2 atom stereocenters. The van der Waals surface area contributed by atoms with Crippen molar-refractivity contribution in [1.82, 2.24) is 0 Å². The molecular weight excluding hydrogens is 405 g/mol. The number of allylic oxidation sites excluding steroid dienone is 1. The van der Waals surface area contributed by atoms with Crippen LogP contribution >= 0.6 is 0 Å². The number of fused-ring (bicyclic) bond motifs is 2. The van der Waals surface area contributed by atoms with Crippen LogP contribution in [0.3, 0.4) is 0 Å². The molecule has 2 unspecified atom stereocenters. The maximum absolute atomic E-state index is 15.1. The summed E-state index contributed by atoms with van der Waals surface area (Å²) in [5.41, 5.74) is -5.16. The zero-order valence-corrected chi connectivity index (χ0v) is 17.0. The molecule has 0 aromatic rings. The Bertz CT molecular complexity index is 594. The lowest BCUT2D eigenvalue weighted by Crippen LogP contribution is -2.69. The van der Waals surface area contributed by atoms with Gasteiger partial charge in [-0.3, -0.25) is 0 Å². The predicted octanol–water partition coefficient (Wildman–Crippen LogP) is 6.89. The van der Waals surface area contributed by atoms with E-state index >= 15 is 8.78 Å². The first-order chi connectivity index (χ1) is 13.1. The van der Waals surface area contributed by atoms with E-state index in [4.69, 9.17) is 9.47 Å². The highest BCUT2D eigenvalue weighted by atomic mass is 19.4. The molecule has 0 spiro atoms. The fraction of sp³-hybridized carbons (Fsp3) is 0.900. The molecule has 170 valence electrons. The number of halogens is 7. The molecular formula is C20H29F7O2. The lowest BCUT2D eigenvalue weighted by Gasteiger charge is -2.51. The van der Waals surface area contributed by atoms with Gasteiger partial charge in [0, 0.05) is 12.0 Å². The molecule has 0 aliphatic heterocycles. The first-order valence-corrected chi connectivity index (χ1v) is 9.89. The van der Waals surface area contributed by atoms with E-state index in [0.717, 1.165) is 6.42 Å². The van der Waals surface area contributed by atoms with E-state index in [1.807, 2.05) is 6.92 Å². The number of unbranched alkanes of at least 4 members (excludes halogenated alkanes) is 1. The van der Waals surface area contributed by atoms with Crippen LogP contribution in [0.5, 0.6) is 0 Å². The molecule has 2 aliphatic rings. The van der Waals surface area contributed by atoms with Crippen molar-refractivity contribution in [2.45, 2.75) is 95.6 Å². The van der Waals surface area contributed by atoms with Gasteiger partial charge in [0.2, 0.25) is 0 Å². The molecule has 2 nitrogen and oxygen atoms in total. The Hall–Kier alpha value is -0.830. The summed E-state index contributed by atoms with van der Waals surface area (Å²) in [4.78, 5) is 0. The van der Waals surface area contributed by atoms with E-state index in [1.54, 1.807) is 6.08 Å². The van der Waals surface area contributed by atoms with E-state index < -0.39 is 40.7 Å². The Morgan fingerprint density at radius 1 is 1.00 bits per heavy atom. The molecule has 2 aliphatic carbocycles. The van der Waals surface area contributed by atoms with Crippen molar-refractivity contribution >= 4 is 0 Å². The summed E-state index contributed by atoms with van der Waals surface area (Å²) in [6.45, 7) is 7.63. The van der Waals surface area contributed by atoms with Gasteiger partial charge in [-0.1, -0.05) is 19.4 Å². The van der Waals surface area contributed by atoms with Gasteiger partial charge in [0.1, 0.15) is 5.60 Å². The van der Waals surface area contributed by atoms with E-state index in [-0.39, 0.29) is 25.9 Å². The average Bonchev–Trinajstić information content (AvgIpc) is 3.19. The summed E-state index contributed by atoms with van der Waals surface area (Å²) in [6, 6.07) is 0. The van der Waals surface area contributed by atoms with Crippen molar-refractivity contribution in [3.63, 3.8) is 0 Å². The third-order valence-electron chi connectivity index (χ3n) is 6.94. The Kier molecular flexibility index (Phi) is 6.49. The first-order valence-electron chi connectivity index (χ1n) is 9.89. The monoisotopic (exact) mass is 434 g/mol. The Morgan fingerprint density at radius 3 is 1.97 bits per heavy atom. The van der Waals surface area contributed by atoms with Crippen LogP contribution in [0.4, 0.5) is 30.7 Å². The summed E-state index contributed by atoms with van der Waals surface area (Å²) < 4.78 is 108. The smallest absolute Gasteiger partial charge is 0.353 e. The molecule has 2 fully saturated rings. The van der Waals surface area contributed by atoms with Crippen LogP contribution in [0.25, 0.3) is 0 Å². The average molecular weight is 434 g/mol. The minimum Gasteiger partial charge on any atom is -0.353 e. The molecule has 0 N–H and O–H groups in total. The van der Waals surface area contributed by atoms with Crippen LogP contribution < -0.4 is 0 Å². The third kappa shape index (κ3) is 3.70. The van der Waals surface area contributed by atoms with Crippen molar-refractivity contribution < 1.29 is 40.2 Å². The van der Waals surface area contributed by atoms with E-state index in [9.17, 15) is 22.0 Å². The third-order valence-corrected chi connectivity index (χ3v) is 6.94. The highest BCUT2D eigenvalue weighted by Crippen LogP contribution is 2.71. The van der Waals surface area contributed by atoms with Crippen LogP contribution in [0, 0.1) is 10.8 Å². The molecule has 0 amide bonds. The first kappa shape index (κ1) is 24.4. The van der Waals surface area contributed by atoms with Crippen molar-refractivity contribution in [3.8, 4) is 0 Å². The van der Waals surface area contributed by atoms with Gasteiger partial charge in [-0.2, -0.15) is 30.7 Å². The molecule has 0 saturated heterocycles. The zero-order chi connectivity index (χ0) is 22.4. The number of rotatable bonds is 10. The van der Waals surface area contributed by atoms with Gasteiger partial charge >= 0.3 is 18.0 Å². The Labute approximate surface area is 166 Å². The summed E-state index contributed by atoms with van der Waals surface area (Å²) in [6.07, 6.45) is -3.94. The second-order valence-corrected chi connectivity index (χ2v) is 8.61. The van der Waals surface area contributed by atoms with Gasteiger partial charge in [0.25, 0.3) is 0 Å². The van der Waals surface area contributed by atoms with Gasteiger partial charge in [0.15, 0.2) is 6.29 Å². The van der Waals surface area contributed by atoms with Gasteiger partial charge in [-0.05, 0) is 57.8 Å². The van der Waals surface area contributed by atoms with Crippen molar-refractivity contribution in [2.24, 2.45) is 10.8 Å². The highest BCUT2D eigenvalue weighted by Gasteiger charge is 2.83. The normalized spacial score (nSPS) is 31.0. The number of ether oxygens (including phenoxy) is 2. The standard InChI is InChI=1S/C20H29F7O2/c1-5-7-12-28-14(3)29-15(4,18(21,22)19(23,24)20(25,26)27)17-10-8-16(6-2,13-17)9-11-17/h6,14H,2,5,7-13H2,1,3-4H3. The Balaban J connectivity index is 2.48.